The Hall–Kier alpha value is -0.0800. The van der Waals surface area contributed by atoms with Gasteiger partial charge in [0, 0.05) is 18.6 Å². The Kier molecular flexibility index (Phi) is 3.91. The highest BCUT2D eigenvalue weighted by Gasteiger charge is 2.52. The van der Waals surface area contributed by atoms with Gasteiger partial charge in [0.2, 0.25) is 0 Å². The van der Waals surface area contributed by atoms with Gasteiger partial charge < -0.3 is 10.1 Å². The predicted molar refractivity (Wildman–Crippen MR) is 67.5 cm³/mol. The van der Waals surface area contributed by atoms with E-state index in [-0.39, 0.29) is 0 Å². The van der Waals surface area contributed by atoms with E-state index in [0.29, 0.717) is 11.5 Å². The molecule has 1 saturated carbocycles. The van der Waals surface area contributed by atoms with E-state index >= 15 is 0 Å². The fourth-order valence-corrected chi connectivity index (χ4v) is 3.20. The van der Waals surface area contributed by atoms with Gasteiger partial charge in [-0.15, -0.1) is 0 Å². The molecule has 0 bridgehead atoms. The van der Waals surface area contributed by atoms with Crippen molar-refractivity contribution in [3.8, 4) is 0 Å². The summed E-state index contributed by atoms with van der Waals surface area (Å²) in [4.78, 5) is 0. The average molecular weight is 225 g/mol. The van der Waals surface area contributed by atoms with Gasteiger partial charge in [0.1, 0.15) is 0 Å². The molecule has 2 nitrogen and oxygen atoms in total. The lowest BCUT2D eigenvalue weighted by Gasteiger charge is -2.38. The van der Waals surface area contributed by atoms with E-state index in [1.54, 1.807) is 0 Å². The summed E-state index contributed by atoms with van der Waals surface area (Å²) in [6, 6.07) is 0. The molecule has 16 heavy (non-hydrogen) atoms. The lowest BCUT2D eigenvalue weighted by molar-refractivity contribution is 0.00764. The van der Waals surface area contributed by atoms with Crippen molar-refractivity contribution >= 4 is 0 Å². The highest BCUT2D eigenvalue weighted by molar-refractivity contribution is 5.02. The van der Waals surface area contributed by atoms with Crippen molar-refractivity contribution in [3.05, 3.63) is 0 Å². The molecule has 2 atom stereocenters. The molecule has 0 aromatic heterocycles. The van der Waals surface area contributed by atoms with Gasteiger partial charge in [-0.1, -0.05) is 20.8 Å². The third kappa shape index (κ3) is 2.28. The highest BCUT2D eigenvalue weighted by atomic mass is 16.5. The second-order valence-corrected chi connectivity index (χ2v) is 5.94. The molecule has 0 aromatic carbocycles. The van der Waals surface area contributed by atoms with Gasteiger partial charge in [0.05, 0.1) is 6.10 Å². The van der Waals surface area contributed by atoms with Crippen LogP contribution in [0, 0.1) is 17.3 Å². The number of hydrogen-bond donors (Lipinski definition) is 1. The van der Waals surface area contributed by atoms with Crippen LogP contribution in [-0.2, 0) is 4.74 Å². The van der Waals surface area contributed by atoms with Crippen LogP contribution >= 0.6 is 0 Å². The minimum Gasteiger partial charge on any atom is -0.377 e. The van der Waals surface area contributed by atoms with E-state index < -0.39 is 0 Å². The van der Waals surface area contributed by atoms with Crippen molar-refractivity contribution in [2.75, 3.05) is 19.7 Å². The zero-order valence-corrected chi connectivity index (χ0v) is 11.1. The van der Waals surface area contributed by atoms with Gasteiger partial charge in [-0.3, -0.25) is 0 Å². The van der Waals surface area contributed by atoms with Crippen molar-refractivity contribution < 1.29 is 4.74 Å². The molecule has 2 rings (SSSR count). The van der Waals surface area contributed by atoms with Crippen molar-refractivity contribution in [1.29, 1.82) is 0 Å². The molecule has 1 saturated heterocycles. The Bertz CT molecular complexity index is 225. The van der Waals surface area contributed by atoms with E-state index in [2.05, 4.69) is 26.1 Å². The highest BCUT2D eigenvalue weighted by Crippen LogP contribution is 2.51. The van der Waals surface area contributed by atoms with Crippen molar-refractivity contribution in [3.63, 3.8) is 0 Å². The van der Waals surface area contributed by atoms with Gasteiger partial charge in [-0.2, -0.15) is 0 Å². The number of rotatable bonds is 6. The molecule has 0 aromatic rings. The summed E-state index contributed by atoms with van der Waals surface area (Å²) in [5.41, 5.74) is 0.413. The maximum absolute atomic E-state index is 6.04. The van der Waals surface area contributed by atoms with Crippen molar-refractivity contribution in [2.45, 2.75) is 52.6 Å². The Labute approximate surface area is 100 Å². The van der Waals surface area contributed by atoms with Crippen LogP contribution < -0.4 is 5.32 Å². The summed E-state index contributed by atoms with van der Waals surface area (Å²) >= 11 is 0. The Morgan fingerprint density at radius 2 is 2.12 bits per heavy atom. The number of nitrogens with one attached hydrogen (secondary N) is 1. The van der Waals surface area contributed by atoms with Crippen LogP contribution in [0.25, 0.3) is 0 Å². The van der Waals surface area contributed by atoms with Gasteiger partial charge in [0.15, 0.2) is 0 Å². The largest absolute Gasteiger partial charge is 0.377 e. The Morgan fingerprint density at radius 3 is 2.69 bits per heavy atom. The van der Waals surface area contributed by atoms with Crippen molar-refractivity contribution in [2.24, 2.45) is 17.3 Å². The lowest BCUT2D eigenvalue weighted by Crippen LogP contribution is -2.45. The molecular weight excluding hydrogens is 198 g/mol. The topological polar surface area (TPSA) is 21.3 Å². The molecule has 1 N–H and O–H groups in total. The first-order valence-electron chi connectivity index (χ1n) is 7.03. The normalized spacial score (nSPS) is 34.9. The van der Waals surface area contributed by atoms with Crippen LogP contribution in [0.1, 0.15) is 46.5 Å². The molecule has 94 valence electrons. The Morgan fingerprint density at radius 1 is 1.38 bits per heavy atom. The second kappa shape index (κ2) is 5.05. The fraction of sp³-hybridized carbons (Fsp3) is 1.00. The summed E-state index contributed by atoms with van der Waals surface area (Å²) in [6.07, 6.45) is 5.81. The van der Waals surface area contributed by atoms with Crippen molar-refractivity contribution in [1.82, 2.24) is 5.32 Å². The zero-order chi connectivity index (χ0) is 11.6. The Balaban J connectivity index is 2.01. The summed E-state index contributed by atoms with van der Waals surface area (Å²) in [7, 11) is 0. The number of ether oxygens (including phenoxy) is 1. The van der Waals surface area contributed by atoms with E-state index in [4.69, 9.17) is 4.74 Å². The third-order valence-corrected chi connectivity index (χ3v) is 4.51. The van der Waals surface area contributed by atoms with E-state index in [1.807, 2.05) is 0 Å². The molecule has 1 aliphatic heterocycles. The molecule has 0 amide bonds. The third-order valence-electron chi connectivity index (χ3n) is 4.51. The van der Waals surface area contributed by atoms with Gasteiger partial charge in [-0.25, -0.2) is 0 Å². The zero-order valence-electron chi connectivity index (χ0n) is 11.1. The van der Waals surface area contributed by atoms with Gasteiger partial charge in [-0.05, 0) is 44.1 Å². The van der Waals surface area contributed by atoms with Gasteiger partial charge in [0.25, 0.3) is 0 Å². The minimum atomic E-state index is 0.413. The smallest absolute Gasteiger partial charge is 0.0674 e. The first kappa shape index (κ1) is 12.4. The first-order valence-corrected chi connectivity index (χ1v) is 7.03. The molecule has 2 aliphatic rings. The summed E-state index contributed by atoms with van der Waals surface area (Å²) in [5, 5.41) is 3.63. The molecule has 1 heterocycles. The van der Waals surface area contributed by atoms with Crippen LogP contribution in [0.2, 0.25) is 0 Å². The quantitative estimate of drug-likeness (QED) is 0.702. The summed E-state index contributed by atoms with van der Waals surface area (Å²) in [6.45, 7) is 10.3. The SMILES string of the molecule is CCCNCC1(C(C)C)CCOC1C1CC1. The van der Waals surface area contributed by atoms with E-state index in [0.717, 1.165) is 31.5 Å². The van der Waals surface area contributed by atoms with Crippen LogP contribution in [0.5, 0.6) is 0 Å². The first-order chi connectivity index (χ1) is 7.70. The molecule has 2 fully saturated rings. The molecule has 2 unspecified atom stereocenters. The van der Waals surface area contributed by atoms with Crippen LogP contribution in [-0.4, -0.2) is 25.8 Å². The molecule has 0 spiro atoms. The molecule has 2 heteroatoms. The van der Waals surface area contributed by atoms with Crippen LogP contribution in [0.4, 0.5) is 0 Å². The predicted octanol–water partition coefficient (Wildman–Crippen LogP) is 2.83. The molecule has 0 radical (unpaired) electrons. The maximum atomic E-state index is 6.04. The fourth-order valence-electron chi connectivity index (χ4n) is 3.20. The standard InChI is InChI=1S/C14H27NO/c1-4-8-15-10-14(11(2)3)7-9-16-13(14)12-5-6-12/h11-13,15H,4-10H2,1-3H3. The van der Waals surface area contributed by atoms with Crippen LogP contribution in [0.15, 0.2) is 0 Å². The minimum absolute atomic E-state index is 0.413. The molecule has 1 aliphatic carbocycles. The summed E-state index contributed by atoms with van der Waals surface area (Å²) < 4.78 is 6.04. The molecular formula is C14H27NO. The van der Waals surface area contributed by atoms with Gasteiger partial charge >= 0.3 is 0 Å². The lowest BCUT2D eigenvalue weighted by atomic mass is 9.70. The summed E-state index contributed by atoms with van der Waals surface area (Å²) in [5.74, 6) is 1.60. The monoisotopic (exact) mass is 225 g/mol. The maximum Gasteiger partial charge on any atom is 0.0674 e. The average Bonchev–Trinajstić information content (AvgIpc) is 3.00. The van der Waals surface area contributed by atoms with Crippen LogP contribution in [0.3, 0.4) is 0 Å². The van der Waals surface area contributed by atoms with E-state index in [1.165, 1.54) is 25.7 Å². The van der Waals surface area contributed by atoms with E-state index in [9.17, 15) is 0 Å². The second-order valence-electron chi connectivity index (χ2n) is 5.94. The number of hydrogen-bond acceptors (Lipinski definition) is 2.